The normalized spacial score (nSPS) is 13.1. The van der Waals surface area contributed by atoms with Crippen molar-refractivity contribution in [2.75, 3.05) is 12.4 Å². The Labute approximate surface area is 160 Å². The summed E-state index contributed by atoms with van der Waals surface area (Å²) in [6.07, 6.45) is 3.76. The van der Waals surface area contributed by atoms with Gasteiger partial charge in [0.25, 0.3) is 0 Å². The number of nitrogens with one attached hydrogen (secondary N) is 1. The number of anilines is 1. The van der Waals surface area contributed by atoms with Gasteiger partial charge in [-0.2, -0.15) is 0 Å². The van der Waals surface area contributed by atoms with Crippen molar-refractivity contribution < 1.29 is 4.74 Å². The van der Waals surface area contributed by atoms with Gasteiger partial charge in [0.15, 0.2) is 5.82 Å². The van der Waals surface area contributed by atoms with Gasteiger partial charge in [-0.25, -0.2) is 9.97 Å². The fourth-order valence-corrected chi connectivity index (χ4v) is 4.41. The third-order valence-electron chi connectivity index (χ3n) is 4.87. The summed E-state index contributed by atoms with van der Waals surface area (Å²) in [4.78, 5) is 9.89. The van der Waals surface area contributed by atoms with E-state index in [0.29, 0.717) is 6.54 Å². The summed E-state index contributed by atoms with van der Waals surface area (Å²) < 4.78 is 7.46. The second-order valence-corrected chi connectivity index (χ2v) is 7.28. The van der Waals surface area contributed by atoms with Crippen LogP contribution < -0.4 is 10.1 Å². The molecule has 3 aromatic heterocycles. The predicted octanol–water partition coefficient (Wildman–Crippen LogP) is 3.52. The lowest BCUT2D eigenvalue weighted by atomic mass is 10.1. The van der Waals surface area contributed by atoms with E-state index < -0.39 is 0 Å². The molecule has 0 spiro atoms. The van der Waals surface area contributed by atoms with E-state index in [4.69, 9.17) is 4.74 Å². The number of fused-ring (bicyclic) bond motifs is 2. The maximum absolute atomic E-state index is 5.26. The summed E-state index contributed by atoms with van der Waals surface area (Å²) in [5.41, 5.74) is 2.23. The SMILES string of the molecule is COc1ccc(-c2csc3ncnc(NCc4nnc5n4CCC5)c23)cc1. The van der Waals surface area contributed by atoms with E-state index in [-0.39, 0.29) is 0 Å². The third-order valence-corrected chi connectivity index (χ3v) is 5.76. The van der Waals surface area contributed by atoms with Gasteiger partial charge < -0.3 is 14.6 Å². The Morgan fingerprint density at radius 1 is 1.19 bits per heavy atom. The Kier molecular flexibility index (Phi) is 3.97. The molecule has 5 rings (SSSR count). The fraction of sp³-hybridized carbons (Fsp3) is 0.263. The lowest BCUT2D eigenvalue weighted by Crippen LogP contribution is -2.08. The molecule has 4 aromatic rings. The van der Waals surface area contributed by atoms with Gasteiger partial charge in [0.1, 0.15) is 28.5 Å². The van der Waals surface area contributed by atoms with Crippen LogP contribution in [0.4, 0.5) is 5.82 Å². The number of aromatic nitrogens is 5. The number of thiophene rings is 1. The monoisotopic (exact) mass is 378 g/mol. The first kappa shape index (κ1) is 16.2. The summed E-state index contributed by atoms with van der Waals surface area (Å²) in [5.74, 6) is 3.69. The predicted molar refractivity (Wildman–Crippen MR) is 105 cm³/mol. The molecule has 0 amide bonds. The molecule has 0 atom stereocenters. The average molecular weight is 378 g/mol. The number of hydrogen-bond acceptors (Lipinski definition) is 7. The van der Waals surface area contributed by atoms with Crippen LogP contribution in [0.3, 0.4) is 0 Å². The molecule has 136 valence electrons. The van der Waals surface area contributed by atoms with Crippen molar-refractivity contribution in [3.63, 3.8) is 0 Å². The zero-order valence-electron chi connectivity index (χ0n) is 14.8. The van der Waals surface area contributed by atoms with E-state index in [1.165, 1.54) is 0 Å². The van der Waals surface area contributed by atoms with Gasteiger partial charge in [-0.1, -0.05) is 12.1 Å². The molecule has 1 N–H and O–H groups in total. The molecule has 27 heavy (non-hydrogen) atoms. The van der Waals surface area contributed by atoms with E-state index >= 15 is 0 Å². The summed E-state index contributed by atoms with van der Waals surface area (Å²) in [6, 6.07) is 8.05. The van der Waals surface area contributed by atoms with Crippen molar-refractivity contribution >= 4 is 27.4 Å². The van der Waals surface area contributed by atoms with Crippen molar-refractivity contribution in [2.45, 2.75) is 25.9 Å². The molecule has 1 aliphatic heterocycles. The molecule has 8 heteroatoms. The Morgan fingerprint density at radius 2 is 2.07 bits per heavy atom. The maximum Gasteiger partial charge on any atom is 0.152 e. The van der Waals surface area contributed by atoms with Crippen molar-refractivity contribution in [3.8, 4) is 16.9 Å². The fourth-order valence-electron chi connectivity index (χ4n) is 3.50. The molecule has 1 aliphatic rings. The molecule has 0 saturated carbocycles. The van der Waals surface area contributed by atoms with Crippen LogP contribution in [0.15, 0.2) is 36.0 Å². The summed E-state index contributed by atoms with van der Waals surface area (Å²) in [6.45, 7) is 1.59. The van der Waals surface area contributed by atoms with Crippen LogP contribution in [0.1, 0.15) is 18.1 Å². The topological polar surface area (TPSA) is 77.8 Å². The van der Waals surface area contributed by atoms with Gasteiger partial charge in [-0.15, -0.1) is 21.5 Å². The van der Waals surface area contributed by atoms with Gasteiger partial charge >= 0.3 is 0 Å². The first-order chi connectivity index (χ1) is 13.3. The Morgan fingerprint density at radius 3 is 2.93 bits per heavy atom. The lowest BCUT2D eigenvalue weighted by Gasteiger charge is -2.09. The minimum absolute atomic E-state index is 0.594. The highest BCUT2D eigenvalue weighted by atomic mass is 32.1. The van der Waals surface area contributed by atoms with Crippen LogP contribution in [-0.4, -0.2) is 31.8 Å². The summed E-state index contributed by atoms with van der Waals surface area (Å²) in [5, 5.41) is 15.2. The number of benzene rings is 1. The summed E-state index contributed by atoms with van der Waals surface area (Å²) in [7, 11) is 1.67. The van der Waals surface area contributed by atoms with Crippen LogP contribution in [0.5, 0.6) is 5.75 Å². The number of rotatable bonds is 5. The molecule has 0 aliphatic carbocycles. The zero-order chi connectivity index (χ0) is 18.2. The highest BCUT2D eigenvalue weighted by Crippen LogP contribution is 2.37. The van der Waals surface area contributed by atoms with Crippen LogP contribution in [0, 0.1) is 0 Å². The minimum atomic E-state index is 0.594. The Bertz CT molecular complexity index is 1100. The van der Waals surface area contributed by atoms with Crippen molar-refractivity contribution in [2.24, 2.45) is 0 Å². The summed E-state index contributed by atoms with van der Waals surface area (Å²) >= 11 is 1.62. The smallest absolute Gasteiger partial charge is 0.152 e. The van der Waals surface area contributed by atoms with Gasteiger partial charge in [0, 0.05) is 23.9 Å². The largest absolute Gasteiger partial charge is 0.497 e. The lowest BCUT2D eigenvalue weighted by molar-refractivity contribution is 0.415. The highest BCUT2D eigenvalue weighted by Gasteiger charge is 2.18. The second-order valence-electron chi connectivity index (χ2n) is 6.42. The first-order valence-electron chi connectivity index (χ1n) is 8.85. The number of aryl methyl sites for hydroxylation is 1. The molecule has 0 bridgehead atoms. The standard InChI is InChI=1S/C19H18N6OS/c1-26-13-6-4-12(5-7-13)14-10-27-19-17(14)18(21-11-22-19)20-9-16-24-23-15-3-2-8-25(15)16/h4-7,10-11H,2-3,8-9H2,1H3,(H,20,21,22). The van der Waals surface area contributed by atoms with Gasteiger partial charge in [0.05, 0.1) is 19.0 Å². The van der Waals surface area contributed by atoms with Crippen molar-refractivity contribution in [1.29, 1.82) is 0 Å². The van der Waals surface area contributed by atoms with Crippen LogP contribution >= 0.6 is 11.3 Å². The van der Waals surface area contributed by atoms with Crippen LogP contribution in [-0.2, 0) is 19.5 Å². The van der Waals surface area contributed by atoms with Crippen molar-refractivity contribution in [3.05, 3.63) is 47.6 Å². The van der Waals surface area contributed by atoms with E-state index in [1.807, 2.05) is 12.1 Å². The number of nitrogens with zero attached hydrogens (tertiary/aromatic N) is 5. The van der Waals surface area contributed by atoms with Crippen LogP contribution in [0.2, 0.25) is 0 Å². The first-order valence-corrected chi connectivity index (χ1v) is 9.73. The molecule has 4 heterocycles. The van der Waals surface area contributed by atoms with Gasteiger partial charge in [-0.05, 0) is 24.1 Å². The second kappa shape index (κ2) is 6.62. The molecule has 0 fully saturated rings. The molecule has 7 nitrogen and oxygen atoms in total. The quantitative estimate of drug-likeness (QED) is 0.573. The van der Waals surface area contributed by atoms with Gasteiger partial charge in [-0.3, -0.25) is 0 Å². The minimum Gasteiger partial charge on any atom is -0.497 e. The molecule has 0 radical (unpaired) electrons. The highest BCUT2D eigenvalue weighted by molar-refractivity contribution is 7.17. The maximum atomic E-state index is 5.26. The van der Waals surface area contributed by atoms with Crippen LogP contribution in [0.25, 0.3) is 21.3 Å². The molecular weight excluding hydrogens is 360 g/mol. The zero-order valence-corrected chi connectivity index (χ0v) is 15.7. The van der Waals surface area contributed by atoms with Gasteiger partial charge in [0.2, 0.25) is 0 Å². The van der Waals surface area contributed by atoms with Crippen molar-refractivity contribution in [1.82, 2.24) is 24.7 Å². The van der Waals surface area contributed by atoms with E-state index in [9.17, 15) is 0 Å². The van der Waals surface area contributed by atoms with E-state index in [2.05, 4.69) is 47.6 Å². The number of hydrogen-bond donors (Lipinski definition) is 1. The molecular formula is C19H18N6OS. The molecule has 0 saturated heterocycles. The molecule has 0 unspecified atom stereocenters. The number of ether oxygens (including phenoxy) is 1. The van der Waals surface area contributed by atoms with E-state index in [0.717, 1.165) is 63.9 Å². The average Bonchev–Trinajstić information content (AvgIpc) is 3.42. The Hall–Kier alpha value is -3.00. The Balaban J connectivity index is 1.49. The molecule has 1 aromatic carbocycles. The number of methoxy groups -OCH3 is 1. The van der Waals surface area contributed by atoms with E-state index in [1.54, 1.807) is 24.8 Å². The third kappa shape index (κ3) is 2.82.